The topological polar surface area (TPSA) is 75.7 Å². The highest BCUT2D eigenvalue weighted by atomic mass is 32.1. The predicted octanol–water partition coefficient (Wildman–Crippen LogP) is 0.942. The quantitative estimate of drug-likeness (QED) is 0.794. The Hall–Kier alpha value is -1.73. The lowest BCUT2D eigenvalue weighted by Crippen LogP contribution is -2.17. The summed E-state index contributed by atoms with van der Waals surface area (Å²) in [4.78, 5) is 14.0. The van der Waals surface area contributed by atoms with E-state index in [1.54, 1.807) is 23.9 Å². The Labute approximate surface area is 102 Å². The van der Waals surface area contributed by atoms with Gasteiger partial charge in [0, 0.05) is 25.9 Å². The Balaban J connectivity index is 2.56. The molecule has 17 heavy (non-hydrogen) atoms. The molecule has 0 bridgehead atoms. The van der Waals surface area contributed by atoms with Crippen molar-refractivity contribution in [3.05, 3.63) is 33.5 Å². The number of H-pyrrole nitrogens is 2. The molecule has 0 radical (unpaired) electrons. The first-order valence-corrected chi connectivity index (χ1v) is 5.46. The molecule has 2 aromatic rings. The molecule has 2 heterocycles. The first-order valence-electron chi connectivity index (χ1n) is 5.05. The molecule has 0 unspecified atom stereocenters. The van der Waals surface area contributed by atoms with E-state index < -0.39 is 0 Å². The van der Waals surface area contributed by atoms with E-state index in [1.807, 2.05) is 0 Å². The molecule has 2 aromatic heterocycles. The van der Waals surface area contributed by atoms with Gasteiger partial charge in [-0.1, -0.05) is 0 Å². The number of methoxy groups -OCH3 is 1. The highest BCUT2D eigenvalue weighted by molar-refractivity contribution is 7.71. The lowest BCUT2D eigenvalue weighted by Gasteiger charge is -2.11. The number of rotatable bonds is 4. The molecule has 0 saturated carbocycles. The average molecular weight is 252 g/mol. The summed E-state index contributed by atoms with van der Waals surface area (Å²) >= 11 is 5.13. The Morgan fingerprint density at radius 1 is 1.59 bits per heavy atom. The van der Waals surface area contributed by atoms with Gasteiger partial charge >= 0.3 is 0 Å². The average Bonchev–Trinajstić information content (AvgIpc) is 2.80. The van der Waals surface area contributed by atoms with Gasteiger partial charge in [0.1, 0.15) is 0 Å². The van der Waals surface area contributed by atoms with Crippen LogP contribution in [0.4, 0.5) is 0 Å². The van der Waals surface area contributed by atoms with Crippen LogP contribution in [0, 0.1) is 4.77 Å². The zero-order chi connectivity index (χ0) is 12.3. The molecular weight excluding hydrogens is 240 g/mol. The number of nitrogens with one attached hydrogen (secondary N) is 2. The van der Waals surface area contributed by atoms with Crippen molar-refractivity contribution in [2.75, 3.05) is 13.7 Å². The second-order valence-corrected chi connectivity index (χ2v) is 3.83. The summed E-state index contributed by atoms with van der Waals surface area (Å²) in [5.41, 5.74) is 1.22. The SMILES string of the molecule is COCCn1c(-c2ccn[nH]2)cc(=O)[nH]c1=S. The molecule has 0 fully saturated rings. The highest BCUT2D eigenvalue weighted by Crippen LogP contribution is 2.14. The van der Waals surface area contributed by atoms with Crippen LogP contribution >= 0.6 is 12.2 Å². The summed E-state index contributed by atoms with van der Waals surface area (Å²) in [6.45, 7) is 1.09. The summed E-state index contributed by atoms with van der Waals surface area (Å²) in [5.74, 6) is 0. The van der Waals surface area contributed by atoms with Crippen LogP contribution in [0.15, 0.2) is 23.1 Å². The standard InChI is InChI=1S/C10H12N4O2S/c1-16-5-4-14-8(7-2-3-11-13-7)6-9(15)12-10(14)17/h2-3,6H,4-5H2,1H3,(H,11,13)(H,12,15,17). The Bertz CT molecular complexity index is 600. The molecule has 2 rings (SSSR count). The molecular formula is C10H12N4O2S. The maximum atomic E-state index is 11.4. The molecule has 0 aliphatic rings. The van der Waals surface area contributed by atoms with Crippen molar-refractivity contribution >= 4 is 12.2 Å². The molecule has 7 heteroatoms. The second-order valence-electron chi connectivity index (χ2n) is 3.44. The van der Waals surface area contributed by atoms with E-state index in [0.29, 0.717) is 23.6 Å². The van der Waals surface area contributed by atoms with Crippen molar-refractivity contribution in [3.8, 4) is 11.4 Å². The fourth-order valence-corrected chi connectivity index (χ4v) is 1.84. The zero-order valence-electron chi connectivity index (χ0n) is 9.27. The van der Waals surface area contributed by atoms with Crippen LogP contribution in [0.5, 0.6) is 0 Å². The lowest BCUT2D eigenvalue weighted by molar-refractivity contribution is 0.186. The monoisotopic (exact) mass is 252 g/mol. The van der Waals surface area contributed by atoms with Crippen LogP contribution in [0.2, 0.25) is 0 Å². The maximum Gasteiger partial charge on any atom is 0.252 e. The second kappa shape index (κ2) is 5.07. The minimum atomic E-state index is -0.228. The van der Waals surface area contributed by atoms with Crippen LogP contribution in [-0.2, 0) is 11.3 Å². The van der Waals surface area contributed by atoms with E-state index in [2.05, 4.69) is 15.2 Å². The summed E-state index contributed by atoms with van der Waals surface area (Å²) in [6.07, 6.45) is 1.63. The Kier molecular flexibility index (Phi) is 3.50. The van der Waals surface area contributed by atoms with Crippen LogP contribution < -0.4 is 5.56 Å². The number of aromatic nitrogens is 4. The van der Waals surface area contributed by atoms with E-state index in [-0.39, 0.29) is 5.56 Å². The Morgan fingerprint density at radius 2 is 2.41 bits per heavy atom. The van der Waals surface area contributed by atoms with Gasteiger partial charge in [0.15, 0.2) is 4.77 Å². The Morgan fingerprint density at radius 3 is 3.06 bits per heavy atom. The minimum absolute atomic E-state index is 0.228. The molecule has 2 N–H and O–H groups in total. The molecule has 0 aliphatic carbocycles. The first kappa shape index (κ1) is 11.7. The van der Waals surface area contributed by atoms with E-state index in [4.69, 9.17) is 17.0 Å². The van der Waals surface area contributed by atoms with Crippen LogP contribution in [-0.4, -0.2) is 33.5 Å². The fraction of sp³-hybridized carbons (Fsp3) is 0.300. The summed E-state index contributed by atoms with van der Waals surface area (Å²) in [6, 6.07) is 3.27. The third kappa shape index (κ3) is 2.51. The third-order valence-corrected chi connectivity index (χ3v) is 2.65. The van der Waals surface area contributed by atoms with Crippen molar-refractivity contribution < 1.29 is 4.74 Å². The minimum Gasteiger partial charge on any atom is -0.383 e. The number of hydrogen-bond donors (Lipinski definition) is 2. The molecule has 0 saturated heterocycles. The van der Waals surface area contributed by atoms with E-state index in [9.17, 15) is 4.79 Å². The van der Waals surface area contributed by atoms with Gasteiger partial charge in [-0.2, -0.15) is 5.10 Å². The summed E-state index contributed by atoms with van der Waals surface area (Å²) in [5, 5.41) is 6.68. The largest absolute Gasteiger partial charge is 0.383 e. The number of aromatic amines is 2. The van der Waals surface area contributed by atoms with Crippen molar-refractivity contribution in [2.45, 2.75) is 6.54 Å². The molecule has 0 aliphatic heterocycles. The number of nitrogens with zero attached hydrogens (tertiary/aromatic N) is 2. The lowest BCUT2D eigenvalue weighted by atomic mass is 10.3. The zero-order valence-corrected chi connectivity index (χ0v) is 10.1. The number of ether oxygens (including phenoxy) is 1. The normalized spacial score (nSPS) is 10.6. The van der Waals surface area contributed by atoms with Gasteiger partial charge in [0.25, 0.3) is 5.56 Å². The molecule has 0 aromatic carbocycles. The van der Waals surface area contributed by atoms with Crippen molar-refractivity contribution in [3.63, 3.8) is 0 Å². The first-order chi connectivity index (χ1) is 8.22. The molecule has 90 valence electrons. The van der Waals surface area contributed by atoms with E-state index in [0.717, 1.165) is 5.69 Å². The van der Waals surface area contributed by atoms with Gasteiger partial charge in [0.05, 0.1) is 18.0 Å². The van der Waals surface area contributed by atoms with E-state index >= 15 is 0 Å². The smallest absolute Gasteiger partial charge is 0.252 e. The summed E-state index contributed by atoms with van der Waals surface area (Å²) in [7, 11) is 1.62. The highest BCUT2D eigenvalue weighted by Gasteiger charge is 2.07. The van der Waals surface area contributed by atoms with Crippen LogP contribution in [0.1, 0.15) is 0 Å². The van der Waals surface area contributed by atoms with Gasteiger partial charge < -0.3 is 9.30 Å². The molecule has 0 atom stereocenters. The van der Waals surface area contributed by atoms with E-state index in [1.165, 1.54) is 6.07 Å². The van der Waals surface area contributed by atoms with Crippen LogP contribution in [0.25, 0.3) is 11.4 Å². The fourth-order valence-electron chi connectivity index (χ4n) is 1.55. The predicted molar refractivity (Wildman–Crippen MR) is 65.3 cm³/mol. The van der Waals surface area contributed by atoms with Gasteiger partial charge in [-0.25, -0.2) is 0 Å². The summed E-state index contributed by atoms with van der Waals surface area (Å²) < 4.78 is 7.19. The number of hydrogen-bond acceptors (Lipinski definition) is 4. The van der Waals surface area contributed by atoms with Crippen LogP contribution in [0.3, 0.4) is 0 Å². The molecule has 0 spiro atoms. The maximum absolute atomic E-state index is 11.4. The van der Waals surface area contributed by atoms with Gasteiger partial charge in [-0.3, -0.25) is 14.9 Å². The molecule has 0 amide bonds. The van der Waals surface area contributed by atoms with Gasteiger partial charge in [0.2, 0.25) is 0 Å². The van der Waals surface area contributed by atoms with Crippen molar-refractivity contribution in [1.29, 1.82) is 0 Å². The van der Waals surface area contributed by atoms with Gasteiger partial charge in [-0.15, -0.1) is 0 Å². The van der Waals surface area contributed by atoms with Gasteiger partial charge in [-0.05, 0) is 18.3 Å². The molecule has 6 nitrogen and oxygen atoms in total. The third-order valence-electron chi connectivity index (χ3n) is 2.33. The van der Waals surface area contributed by atoms with Crippen molar-refractivity contribution in [2.24, 2.45) is 0 Å². The van der Waals surface area contributed by atoms with Crippen molar-refractivity contribution in [1.82, 2.24) is 19.7 Å².